The van der Waals surface area contributed by atoms with E-state index in [0.717, 1.165) is 39.3 Å². The van der Waals surface area contributed by atoms with Gasteiger partial charge in [-0.2, -0.15) is 0 Å². The molecule has 0 aromatic heterocycles. The van der Waals surface area contributed by atoms with Gasteiger partial charge in [0.1, 0.15) is 0 Å². The van der Waals surface area contributed by atoms with Crippen molar-refractivity contribution in [3.63, 3.8) is 0 Å². The molecule has 1 unspecified atom stereocenters. The number of ether oxygens (including phenoxy) is 2. The standard InChI is InChI=1S/C18H26BrNO2/c19-16-6-2-1-5-15(16)9-12-22-18-8-4-3-7-17(18)20-10-13-21-14-11-20/h1-2,5-6,17-18H,3-4,7-14H2/t17?,18-/m0/s1. The second-order valence-electron chi connectivity index (χ2n) is 6.25. The summed E-state index contributed by atoms with van der Waals surface area (Å²) in [5.41, 5.74) is 1.33. The van der Waals surface area contributed by atoms with Gasteiger partial charge in [0.05, 0.1) is 25.9 Å². The average molecular weight is 368 g/mol. The van der Waals surface area contributed by atoms with Crippen LogP contribution in [0.5, 0.6) is 0 Å². The molecular formula is C18H26BrNO2. The van der Waals surface area contributed by atoms with Crippen molar-refractivity contribution in [1.29, 1.82) is 0 Å². The summed E-state index contributed by atoms with van der Waals surface area (Å²) in [5, 5.41) is 0. The molecule has 1 aromatic carbocycles. The fourth-order valence-corrected chi connectivity index (χ4v) is 4.10. The smallest absolute Gasteiger partial charge is 0.0730 e. The second kappa shape index (κ2) is 8.44. The molecule has 1 saturated carbocycles. The number of benzene rings is 1. The molecule has 122 valence electrons. The number of rotatable bonds is 5. The molecule has 1 aromatic rings. The molecule has 0 radical (unpaired) electrons. The van der Waals surface area contributed by atoms with Crippen LogP contribution in [-0.2, 0) is 15.9 Å². The molecule has 1 aliphatic heterocycles. The zero-order valence-electron chi connectivity index (χ0n) is 13.2. The first kappa shape index (κ1) is 16.4. The lowest BCUT2D eigenvalue weighted by molar-refractivity contribution is -0.0647. The summed E-state index contributed by atoms with van der Waals surface area (Å²) in [6, 6.07) is 9.03. The Bertz CT molecular complexity index is 462. The van der Waals surface area contributed by atoms with E-state index < -0.39 is 0 Å². The van der Waals surface area contributed by atoms with Crippen LogP contribution in [0.4, 0.5) is 0 Å². The van der Waals surface area contributed by atoms with E-state index in [1.807, 2.05) is 0 Å². The maximum Gasteiger partial charge on any atom is 0.0730 e. The zero-order valence-corrected chi connectivity index (χ0v) is 14.8. The van der Waals surface area contributed by atoms with E-state index in [2.05, 4.69) is 45.1 Å². The van der Waals surface area contributed by atoms with Crippen molar-refractivity contribution in [3.8, 4) is 0 Å². The van der Waals surface area contributed by atoms with E-state index in [4.69, 9.17) is 9.47 Å². The van der Waals surface area contributed by atoms with Crippen molar-refractivity contribution < 1.29 is 9.47 Å². The number of halogens is 1. The molecule has 0 spiro atoms. The number of hydrogen-bond acceptors (Lipinski definition) is 3. The van der Waals surface area contributed by atoms with Gasteiger partial charge in [0.25, 0.3) is 0 Å². The highest BCUT2D eigenvalue weighted by molar-refractivity contribution is 9.10. The van der Waals surface area contributed by atoms with Gasteiger partial charge in [-0.15, -0.1) is 0 Å². The molecule has 0 amide bonds. The topological polar surface area (TPSA) is 21.7 Å². The van der Waals surface area contributed by atoms with Gasteiger partial charge >= 0.3 is 0 Å². The third kappa shape index (κ3) is 4.31. The van der Waals surface area contributed by atoms with Crippen molar-refractivity contribution in [2.75, 3.05) is 32.9 Å². The van der Waals surface area contributed by atoms with E-state index in [-0.39, 0.29) is 0 Å². The Hall–Kier alpha value is -0.420. The van der Waals surface area contributed by atoms with E-state index in [1.165, 1.54) is 35.7 Å². The molecule has 0 bridgehead atoms. The van der Waals surface area contributed by atoms with Crippen LogP contribution in [0.2, 0.25) is 0 Å². The quantitative estimate of drug-likeness (QED) is 0.792. The molecule has 3 nitrogen and oxygen atoms in total. The van der Waals surface area contributed by atoms with Crippen LogP contribution in [0.1, 0.15) is 31.2 Å². The Morgan fingerprint density at radius 3 is 2.73 bits per heavy atom. The van der Waals surface area contributed by atoms with E-state index in [0.29, 0.717) is 12.1 Å². The predicted molar refractivity (Wildman–Crippen MR) is 92.2 cm³/mol. The summed E-state index contributed by atoms with van der Waals surface area (Å²) in [7, 11) is 0. The summed E-state index contributed by atoms with van der Waals surface area (Å²) in [5.74, 6) is 0. The fourth-order valence-electron chi connectivity index (χ4n) is 3.62. The number of hydrogen-bond donors (Lipinski definition) is 0. The van der Waals surface area contributed by atoms with Crippen LogP contribution in [0.25, 0.3) is 0 Å². The number of nitrogens with zero attached hydrogens (tertiary/aromatic N) is 1. The van der Waals surface area contributed by atoms with Crippen molar-refractivity contribution in [2.45, 2.75) is 44.2 Å². The molecule has 2 fully saturated rings. The Morgan fingerprint density at radius 2 is 1.91 bits per heavy atom. The van der Waals surface area contributed by atoms with Crippen LogP contribution >= 0.6 is 15.9 Å². The Labute approximate surface area is 142 Å². The van der Waals surface area contributed by atoms with Gasteiger partial charge in [0, 0.05) is 23.6 Å². The van der Waals surface area contributed by atoms with Gasteiger partial charge < -0.3 is 9.47 Å². The van der Waals surface area contributed by atoms with Crippen LogP contribution in [0, 0.1) is 0 Å². The average Bonchev–Trinajstić information content (AvgIpc) is 2.58. The highest BCUT2D eigenvalue weighted by atomic mass is 79.9. The van der Waals surface area contributed by atoms with Crippen LogP contribution in [0.15, 0.2) is 28.7 Å². The van der Waals surface area contributed by atoms with Crippen LogP contribution in [-0.4, -0.2) is 50.0 Å². The highest BCUT2D eigenvalue weighted by Crippen LogP contribution is 2.27. The monoisotopic (exact) mass is 367 g/mol. The van der Waals surface area contributed by atoms with Gasteiger partial charge in [-0.25, -0.2) is 0 Å². The highest BCUT2D eigenvalue weighted by Gasteiger charge is 2.31. The van der Waals surface area contributed by atoms with Crippen molar-refractivity contribution in [3.05, 3.63) is 34.3 Å². The zero-order chi connectivity index (χ0) is 15.2. The van der Waals surface area contributed by atoms with Crippen molar-refractivity contribution >= 4 is 15.9 Å². The minimum Gasteiger partial charge on any atom is -0.379 e. The lowest BCUT2D eigenvalue weighted by atomic mass is 9.91. The van der Waals surface area contributed by atoms with E-state index >= 15 is 0 Å². The van der Waals surface area contributed by atoms with Gasteiger partial charge in [-0.3, -0.25) is 4.90 Å². The van der Waals surface area contributed by atoms with Gasteiger partial charge in [-0.1, -0.05) is 47.0 Å². The Balaban J connectivity index is 1.52. The molecule has 1 aliphatic carbocycles. The maximum atomic E-state index is 6.30. The van der Waals surface area contributed by atoms with E-state index in [1.54, 1.807) is 0 Å². The lowest BCUT2D eigenvalue weighted by Crippen LogP contribution is -2.51. The fraction of sp³-hybridized carbons (Fsp3) is 0.667. The first-order chi connectivity index (χ1) is 10.8. The minimum absolute atomic E-state index is 0.398. The molecule has 22 heavy (non-hydrogen) atoms. The van der Waals surface area contributed by atoms with E-state index in [9.17, 15) is 0 Å². The van der Waals surface area contributed by atoms with Gasteiger partial charge in [-0.05, 0) is 30.9 Å². The summed E-state index contributed by atoms with van der Waals surface area (Å²) >= 11 is 3.62. The van der Waals surface area contributed by atoms with Crippen molar-refractivity contribution in [1.82, 2.24) is 4.90 Å². The Kier molecular flexibility index (Phi) is 6.30. The first-order valence-electron chi connectivity index (χ1n) is 8.51. The first-order valence-corrected chi connectivity index (χ1v) is 9.31. The predicted octanol–water partition coefficient (Wildman–Crippen LogP) is 3.65. The second-order valence-corrected chi connectivity index (χ2v) is 7.11. The largest absolute Gasteiger partial charge is 0.379 e. The molecule has 1 heterocycles. The van der Waals surface area contributed by atoms with Crippen LogP contribution < -0.4 is 0 Å². The third-order valence-electron chi connectivity index (χ3n) is 4.84. The summed E-state index contributed by atoms with van der Waals surface area (Å²) in [4.78, 5) is 2.59. The third-order valence-corrected chi connectivity index (χ3v) is 5.62. The molecule has 2 aliphatic rings. The van der Waals surface area contributed by atoms with Crippen molar-refractivity contribution in [2.24, 2.45) is 0 Å². The minimum atomic E-state index is 0.398. The summed E-state index contributed by atoms with van der Waals surface area (Å²) < 4.78 is 13.0. The molecule has 4 heteroatoms. The maximum absolute atomic E-state index is 6.30. The SMILES string of the molecule is Brc1ccccc1CCO[C@H]1CCCCC1N1CCOCC1. The molecular weight excluding hydrogens is 342 g/mol. The Morgan fingerprint density at radius 1 is 1.14 bits per heavy atom. The normalized spacial score (nSPS) is 27.0. The number of morpholine rings is 1. The van der Waals surface area contributed by atoms with Gasteiger partial charge in [0.15, 0.2) is 0 Å². The molecule has 1 saturated heterocycles. The molecule has 2 atom stereocenters. The van der Waals surface area contributed by atoms with Gasteiger partial charge in [0.2, 0.25) is 0 Å². The summed E-state index contributed by atoms with van der Waals surface area (Å²) in [6.45, 7) is 4.69. The molecule has 0 N–H and O–H groups in total. The lowest BCUT2D eigenvalue weighted by Gasteiger charge is -2.41. The summed E-state index contributed by atoms with van der Waals surface area (Å²) in [6.07, 6.45) is 6.51. The van der Waals surface area contributed by atoms with Crippen LogP contribution in [0.3, 0.4) is 0 Å². The molecule has 3 rings (SSSR count).